The molecule has 0 unspecified atom stereocenters. The molecule has 0 atom stereocenters. The molecule has 0 aliphatic carbocycles. The minimum Gasteiger partial charge on any atom is -0.316 e. The summed E-state index contributed by atoms with van der Waals surface area (Å²) in [6.45, 7) is 1.000. The second kappa shape index (κ2) is 3.54. The van der Waals surface area contributed by atoms with Gasteiger partial charge in [-0.25, -0.2) is 0 Å². The molecule has 1 N–H and O–H groups in total. The van der Waals surface area contributed by atoms with Crippen molar-refractivity contribution in [2.45, 2.75) is 6.54 Å². The van der Waals surface area contributed by atoms with Crippen molar-refractivity contribution in [3.8, 4) is 0 Å². The fourth-order valence-electron chi connectivity index (χ4n) is 0.999. The lowest BCUT2D eigenvalue weighted by atomic mass is 10.2. The monoisotopic (exact) mass is 151 g/mol. The van der Waals surface area contributed by atoms with Crippen LogP contribution in [0.5, 0.6) is 0 Å². The van der Waals surface area contributed by atoms with Crippen LogP contribution in [0.2, 0.25) is 0 Å². The maximum atomic E-state index is 3.15. The third-order valence-electron chi connectivity index (χ3n) is 1.63. The Morgan fingerprint density at radius 2 is 2.10 bits per heavy atom. The molecule has 0 amide bonds. The summed E-state index contributed by atoms with van der Waals surface area (Å²) in [4.78, 5) is 0. The number of hydrogen-bond acceptors (Lipinski definition) is 1. The zero-order valence-corrected chi connectivity index (χ0v) is 8.52. The second-order valence-electron chi connectivity index (χ2n) is 2.46. The van der Waals surface area contributed by atoms with E-state index in [-0.39, 0.29) is 0 Å². The van der Waals surface area contributed by atoms with Crippen molar-refractivity contribution in [3.05, 3.63) is 29.8 Å². The summed E-state index contributed by atoms with van der Waals surface area (Å²) in [6, 6.07) is 8.56. The van der Waals surface area contributed by atoms with Crippen LogP contribution in [0.1, 0.15) is 5.56 Å². The SMILES string of the molecule is CNCc1ccccc1[SiH3]. The van der Waals surface area contributed by atoms with Gasteiger partial charge in [-0.15, -0.1) is 0 Å². The molecular formula is C8H13NSi. The molecule has 2 heteroatoms. The molecule has 10 heavy (non-hydrogen) atoms. The van der Waals surface area contributed by atoms with Crippen LogP contribution in [0, 0.1) is 0 Å². The van der Waals surface area contributed by atoms with E-state index < -0.39 is 0 Å². The van der Waals surface area contributed by atoms with Crippen LogP contribution < -0.4 is 10.5 Å². The van der Waals surface area contributed by atoms with E-state index in [1.54, 1.807) is 0 Å². The van der Waals surface area contributed by atoms with Crippen LogP contribution in [-0.2, 0) is 6.54 Å². The molecule has 1 nitrogen and oxygen atoms in total. The minimum atomic E-state index is 1.000. The normalized spacial score (nSPS) is 10.1. The van der Waals surface area contributed by atoms with Gasteiger partial charge in [0.05, 0.1) is 0 Å². The fraction of sp³-hybridized carbons (Fsp3) is 0.250. The van der Waals surface area contributed by atoms with Crippen molar-refractivity contribution in [1.29, 1.82) is 0 Å². The third kappa shape index (κ3) is 1.69. The summed E-state index contributed by atoms with van der Waals surface area (Å²) in [6.07, 6.45) is 0. The predicted octanol–water partition coefficient (Wildman–Crippen LogP) is -0.603. The van der Waals surface area contributed by atoms with Gasteiger partial charge in [0.2, 0.25) is 0 Å². The van der Waals surface area contributed by atoms with Gasteiger partial charge in [0.25, 0.3) is 0 Å². The van der Waals surface area contributed by atoms with Crippen LogP contribution in [-0.4, -0.2) is 17.3 Å². The van der Waals surface area contributed by atoms with Gasteiger partial charge < -0.3 is 5.32 Å². The smallest absolute Gasteiger partial charge is 0.0389 e. The van der Waals surface area contributed by atoms with E-state index in [9.17, 15) is 0 Å². The maximum Gasteiger partial charge on any atom is 0.0389 e. The van der Waals surface area contributed by atoms with Gasteiger partial charge in [0, 0.05) is 16.8 Å². The van der Waals surface area contributed by atoms with Crippen molar-refractivity contribution in [3.63, 3.8) is 0 Å². The number of hydrogen-bond donors (Lipinski definition) is 1. The summed E-state index contributed by atoms with van der Waals surface area (Å²) < 4.78 is 0. The van der Waals surface area contributed by atoms with E-state index in [0.717, 1.165) is 16.8 Å². The Balaban J connectivity index is 2.81. The molecule has 1 aromatic rings. The molecule has 0 heterocycles. The molecule has 0 spiro atoms. The largest absolute Gasteiger partial charge is 0.316 e. The van der Waals surface area contributed by atoms with Gasteiger partial charge in [-0.3, -0.25) is 0 Å². The molecule has 0 aliphatic rings. The highest BCUT2D eigenvalue weighted by atomic mass is 28.1. The van der Waals surface area contributed by atoms with Crippen molar-refractivity contribution >= 4 is 15.4 Å². The summed E-state index contributed by atoms with van der Waals surface area (Å²) in [7, 11) is 3.13. The lowest BCUT2D eigenvalue weighted by Crippen LogP contribution is -2.15. The zero-order valence-electron chi connectivity index (χ0n) is 6.52. The van der Waals surface area contributed by atoms with Gasteiger partial charge in [-0.2, -0.15) is 0 Å². The van der Waals surface area contributed by atoms with E-state index in [4.69, 9.17) is 0 Å². The molecule has 0 aromatic heterocycles. The first-order valence-corrected chi connectivity index (χ1v) is 4.53. The fourth-order valence-corrected chi connectivity index (χ4v) is 1.53. The molecule has 1 rings (SSSR count). The van der Waals surface area contributed by atoms with Crippen LogP contribution >= 0.6 is 0 Å². The van der Waals surface area contributed by atoms with Crippen molar-refractivity contribution < 1.29 is 0 Å². The lowest BCUT2D eigenvalue weighted by Gasteiger charge is -2.02. The number of benzene rings is 1. The summed E-state index contributed by atoms with van der Waals surface area (Å²) in [5.74, 6) is 0. The van der Waals surface area contributed by atoms with Gasteiger partial charge in [0.1, 0.15) is 0 Å². The average Bonchev–Trinajstić information content (AvgIpc) is 1.94. The Labute approximate surface area is 64.9 Å². The Kier molecular flexibility index (Phi) is 2.65. The molecule has 0 fully saturated rings. The number of nitrogens with one attached hydrogen (secondary N) is 1. The Morgan fingerprint density at radius 1 is 1.40 bits per heavy atom. The van der Waals surface area contributed by atoms with Crippen LogP contribution in [0.4, 0.5) is 0 Å². The van der Waals surface area contributed by atoms with E-state index in [1.807, 2.05) is 7.05 Å². The van der Waals surface area contributed by atoms with Gasteiger partial charge >= 0.3 is 0 Å². The van der Waals surface area contributed by atoms with E-state index in [1.165, 1.54) is 10.8 Å². The first kappa shape index (κ1) is 7.50. The van der Waals surface area contributed by atoms with Crippen molar-refractivity contribution in [1.82, 2.24) is 5.32 Å². The summed E-state index contributed by atoms with van der Waals surface area (Å²) in [5, 5.41) is 4.64. The highest BCUT2D eigenvalue weighted by Gasteiger charge is 1.91. The maximum absolute atomic E-state index is 3.15. The van der Waals surface area contributed by atoms with Gasteiger partial charge in [0.15, 0.2) is 0 Å². The molecule has 1 aromatic carbocycles. The van der Waals surface area contributed by atoms with E-state index >= 15 is 0 Å². The quantitative estimate of drug-likeness (QED) is 0.556. The summed E-state index contributed by atoms with van der Waals surface area (Å²) >= 11 is 0. The Hall–Kier alpha value is -0.603. The molecular weight excluding hydrogens is 138 g/mol. The van der Waals surface area contributed by atoms with Crippen molar-refractivity contribution in [2.24, 2.45) is 0 Å². The summed E-state index contributed by atoms with van der Waals surface area (Å²) in [5.41, 5.74) is 1.44. The lowest BCUT2D eigenvalue weighted by molar-refractivity contribution is 0.822. The first-order valence-electron chi connectivity index (χ1n) is 3.53. The minimum absolute atomic E-state index is 1.000. The van der Waals surface area contributed by atoms with Crippen LogP contribution in [0.3, 0.4) is 0 Å². The highest BCUT2D eigenvalue weighted by Crippen LogP contribution is 1.92. The van der Waals surface area contributed by atoms with E-state index in [2.05, 4.69) is 29.6 Å². The molecule has 0 bridgehead atoms. The highest BCUT2D eigenvalue weighted by molar-refractivity contribution is 6.33. The Bertz CT molecular complexity index is 210. The molecule has 0 radical (unpaired) electrons. The van der Waals surface area contributed by atoms with Crippen LogP contribution in [0.15, 0.2) is 24.3 Å². The molecule has 0 saturated heterocycles. The molecule has 0 aliphatic heterocycles. The topological polar surface area (TPSA) is 12.0 Å². The number of rotatable bonds is 2. The zero-order chi connectivity index (χ0) is 7.40. The van der Waals surface area contributed by atoms with Gasteiger partial charge in [-0.05, 0) is 12.6 Å². The van der Waals surface area contributed by atoms with Crippen LogP contribution in [0.25, 0.3) is 0 Å². The van der Waals surface area contributed by atoms with Crippen molar-refractivity contribution in [2.75, 3.05) is 7.05 Å². The standard InChI is InChI=1S/C8H13NSi/c1-9-6-7-4-2-3-5-8(7)10/h2-5,9H,6H2,1,10H3. The van der Waals surface area contributed by atoms with E-state index in [0.29, 0.717) is 0 Å². The first-order chi connectivity index (χ1) is 4.84. The molecule has 0 saturated carbocycles. The van der Waals surface area contributed by atoms with Gasteiger partial charge in [-0.1, -0.05) is 29.5 Å². The Morgan fingerprint density at radius 3 is 2.70 bits per heavy atom. The second-order valence-corrected chi connectivity index (χ2v) is 3.53. The average molecular weight is 151 g/mol. The predicted molar refractivity (Wildman–Crippen MR) is 48.8 cm³/mol. The third-order valence-corrected chi connectivity index (χ3v) is 2.60. The molecule has 54 valence electrons.